The van der Waals surface area contributed by atoms with E-state index >= 15 is 0 Å². The fraction of sp³-hybridized carbons (Fsp3) is 0.348. The zero-order valence-electron chi connectivity index (χ0n) is 20.7. The highest BCUT2D eigenvalue weighted by Gasteiger charge is 2.30. The molecule has 2 heterocycles. The zero-order chi connectivity index (χ0) is 28.7. The molecule has 2 unspecified atom stereocenters. The highest BCUT2D eigenvalue weighted by Crippen LogP contribution is 2.23. The second-order valence-electron chi connectivity index (χ2n) is 8.38. The number of anilines is 4. The molecule has 1 aromatic carbocycles. The van der Waals surface area contributed by atoms with Crippen molar-refractivity contribution < 1.29 is 38.9 Å². The standard InChI is InChI=1S/C23H27N7O9/c1-2-39-22(38)20(35)30(10-12-9-25-17-16(26-12)19(34)29-23(24)28-17)13-5-3-11(4-6-13)18(33)27-14(21(36)37)7-8-15(31)32/h3-6,12,14,26H,2,7-10H2,1H3,(H,27,33)(H,31,32)(H,36,37)(H4,24,25,28,29,34). The van der Waals surface area contributed by atoms with Gasteiger partial charge in [-0.3, -0.25) is 24.2 Å². The normalized spacial score (nSPS) is 14.5. The summed E-state index contributed by atoms with van der Waals surface area (Å²) in [5.74, 6) is -5.32. The number of nitrogens with one attached hydrogen (secondary N) is 4. The van der Waals surface area contributed by atoms with E-state index in [9.17, 15) is 33.9 Å². The van der Waals surface area contributed by atoms with Crippen LogP contribution in [0.4, 0.5) is 23.1 Å². The molecule has 3 rings (SSSR count). The second-order valence-corrected chi connectivity index (χ2v) is 8.38. The SMILES string of the molecule is CCOC(=O)C(=O)N(CC1CNc2nc(N)[nH]c(=O)c2N1)c1ccc(C(=O)NC(CCC(=O)O)C(=O)O)cc1. The average Bonchev–Trinajstić information content (AvgIpc) is 2.89. The lowest BCUT2D eigenvalue weighted by atomic mass is 10.1. The largest absolute Gasteiger partial charge is 0.481 e. The van der Waals surface area contributed by atoms with Crippen LogP contribution in [-0.2, 0) is 23.9 Å². The number of aromatic amines is 1. The van der Waals surface area contributed by atoms with E-state index in [1.165, 1.54) is 31.2 Å². The van der Waals surface area contributed by atoms with E-state index in [0.717, 1.165) is 4.90 Å². The average molecular weight is 546 g/mol. The van der Waals surface area contributed by atoms with Gasteiger partial charge < -0.3 is 41.5 Å². The third kappa shape index (κ3) is 7.21. The summed E-state index contributed by atoms with van der Waals surface area (Å²) in [7, 11) is 0. The summed E-state index contributed by atoms with van der Waals surface area (Å²) in [4.78, 5) is 79.7. The van der Waals surface area contributed by atoms with Crippen molar-refractivity contribution in [1.29, 1.82) is 0 Å². The molecule has 0 spiro atoms. The second kappa shape index (κ2) is 12.4. The van der Waals surface area contributed by atoms with Crippen LogP contribution in [0.2, 0.25) is 0 Å². The molecular formula is C23H27N7O9. The first-order valence-electron chi connectivity index (χ1n) is 11.7. The van der Waals surface area contributed by atoms with Gasteiger partial charge >= 0.3 is 23.8 Å². The van der Waals surface area contributed by atoms with Crippen LogP contribution in [0.1, 0.15) is 30.1 Å². The van der Waals surface area contributed by atoms with Gasteiger partial charge in [0.2, 0.25) is 5.95 Å². The lowest BCUT2D eigenvalue weighted by Crippen LogP contribution is -2.49. The third-order valence-electron chi connectivity index (χ3n) is 5.59. The number of nitrogens with zero attached hydrogens (tertiary/aromatic N) is 2. The van der Waals surface area contributed by atoms with E-state index in [0.29, 0.717) is 0 Å². The number of hydrogen-bond acceptors (Lipinski definition) is 11. The van der Waals surface area contributed by atoms with E-state index in [1.807, 2.05) is 0 Å². The molecule has 0 aliphatic carbocycles. The Morgan fingerprint density at radius 1 is 1.21 bits per heavy atom. The number of nitrogen functional groups attached to an aromatic ring is 1. The van der Waals surface area contributed by atoms with Gasteiger partial charge in [0.1, 0.15) is 11.7 Å². The summed E-state index contributed by atoms with van der Waals surface area (Å²) in [6.45, 7) is 1.61. The molecule has 16 heteroatoms. The Labute approximate surface area is 220 Å². The molecule has 1 aromatic heterocycles. The van der Waals surface area contributed by atoms with Gasteiger partial charge in [0.05, 0.1) is 12.6 Å². The molecule has 39 heavy (non-hydrogen) atoms. The van der Waals surface area contributed by atoms with E-state index in [4.69, 9.17) is 15.6 Å². The fourth-order valence-electron chi connectivity index (χ4n) is 3.73. The summed E-state index contributed by atoms with van der Waals surface area (Å²) < 4.78 is 4.85. The van der Waals surface area contributed by atoms with Crippen LogP contribution in [0.15, 0.2) is 29.1 Å². The number of hydrogen-bond donors (Lipinski definition) is 7. The lowest BCUT2D eigenvalue weighted by Gasteiger charge is -2.31. The molecular weight excluding hydrogens is 518 g/mol. The number of nitrogens with two attached hydrogens (primary N) is 1. The molecule has 208 valence electrons. The maximum absolute atomic E-state index is 12.9. The van der Waals surface area contributed by atoms with E-state index in [2.05, 4.69) is 25.9 Å². The van der Waals surface area contributed by atoms with Crippen molar-refractivity contribution in [3.63, 3.8) is 0 Å². The van der Waals surface area contributed by atoms with Crippen molar-refractivity contribution in [2.45, 2.75) is 31.8 Å². The van der Waals surface area contributed by atoms with Gasteiger partial charge in [0, 0.05) is 30.8 Å². The minimum absolute atomic E-state index is 0.0328. The number of carboxylic acids is 2. The Morgan fingerprint density at radius 2 is 1.90 bits per heavy atom. The number of H-pyrrole nitrogens is 1. The highest BCUT2D eigenvalue weighted by molar-refractivity contribution is 6.38. The predicted molar refractivity (Wildman–Crippen MR) is 136 cm³/mol. The summed E-state index contributed by atoms with van der Waals surface area (Å²) in [6.07, 6.45) is -0.766. The molecule has 2 aromatic rings. The lowest BCUT2D eigenvalue weighted by molar-refractivity contribution is -0.153. The Balaban J connectivity index is 1.80. The van der Waals surface area contributed by atoms with E-state index in [1.54, 1.807) is 0 Å². The number of benzene rings is 1. The zero-order valence-corrected chi connectivity index (χ0v) is 20.7. The Bertz CT molecular complexity index is 1330. The Morgan fingerprint density at radius 3 is 2.51 bits per heavy atom. The third-order valence-corrected chi connectivity index (χ3v) is 5.59. The maximum atomic E-state index is 12.9. The van der Waals surface area contributed by atoms with Crippen molar-refractivity contribution in [2.75, 3.05) is 41.0 Å². The number of aromatic nitrogens is 2. The number of esters is 1. The number of carbonyl (C=O) groups excluding carboxylic acids is 3. The van der Waals surface area contributed by atoms with Gasteiger partial charge in [0.15, 0.2) is 5.82 Å². The van der Waals surface area contributed by atoms with Crippen molar-refractivity contribution in [2.24, 2.45) is 0 Å². The van der Waals surface area contributed by atoms with Gasteiger partial charge in [-0.25, -0.2) is 9.59 Å². The molecule has 16 nitrogen and oxygen atoms in total. The monoisotopic (exact) mass is 545 g/mol. The number of aliphatic carboxylic acids is 2. The minimum atomic E-state index is -1.42. The first-order valence-corrected chi connectivity index (χ1v) is 11.7. The fourth-order valence-corrected chi connectivity index (χ4v) is 3.73. The van der Waals surface area contributed by atoms with Crippen LogP contribution >= 0.6 is 0 Å². The van der Waals surface area contributed by atoms with Crippen molar-refractivity contribution in [3.05, 3.63) is 40.2 Å². The number of ether oxygens (including phenoxy) is 1. The first-order chi connectivity index (χ1) is 18.5. The number of amides is 2. The molecule has 2 amide bonds. The van der Waals surface area contributed by atoms with Gasteiger partial charge in [-0.15, -0.1) is 0 Å². The summed E-state index contributed by atoms with van der Waals surface area (Å²) in [6, 6.07) is 3.39. The van der Waals surface area contributed by atoms with Crippen LogP contribution < -0.4 is 32.1 Å². The van der Waals surface area contributed by atoms with Crippen LogP contribution in [0.3, 0.4) is 0 Å². The summed E-state index contributed by atoms with van der Waals surface area (Å²) >= 11 is 0. The van der Waals surface area contributed by atoms with Crippen LogP contribution in [-0.4, -0.2) is 81.7 Å². The van der Waals surface area contributed by atoms with Crippen LogP contribution in [0.5, 0.6) is 0 Å². The molecule has 1 aliphatic rings. The minimum Gasteiger partial charge on any atom is -0.481 e. The number of carbonyl (C=O) groups is 5. The smallest absolute Gasteiger partial charge is 0.397 e. The summed E-state index contributed by atoms with van der Waals surface area (Å²) in [5.41, 5.74) is 5.37. The molecule has 2 atom stereocenters. The molecule has 0 saturated heterocycles. The number of fused-ring (bicyclic) bond motifs is 1. The topological polar surface area (TPSA) is 246 Å². The molecule has 8 N–H and O–H groups in total. The van der Waals surface area contributed by atoms with Gasteiger partial charge in [-0.05, 0) is 37.6 Å². The van der Waals surface area contributed by atoms with E-state index < -0.39 is 53.8 Å². The van der Waals surface area contributed by atoms with Crippen molar-refractivity contribution in [1.82, 2.24) is 15.3 Å². The van der Waals surface area contributed by atoms with Crippen LogP contribution in [0.25, 0.3) is 0 Å². The number of carboxylic acid groups (broad SMARTS) is 2. The maximum Gasteiger partial charge on any atom is 0.397 e. The van der Waals surface area contributed by atoms with Crippen molar-refractivity contribution in [3.8, 4) is 0 Å². The highest BCUT2D eigenvalue weighted by atomic mass is 16.5. The van der Waals surface area contributed by atoms with Gasteiger partial charge in [-0.2, -0.15) is 4.98 Å². The molecule has 0 fully saturated rings. The van der Waals surface area contributed by atoms with Crippen molar-refractivity contribution >= 4 is 52.9 Å². The Hall–Kier alpha value is -5.15. The van der Waals surface area contributed by atoms with Crippen LogP contribution in [0, 0.1) is 0 Å². The number of rotatable bonds is 10. The summed E-state index contributed by atoms with van der Waals surface area (Å²) in [5, 5.41) is 26.2. The first kappa shape index (κ1) is 28.4. The molecule has 1 aliphatic heterocycles. The Kier molecular flexibility index (Phi) is 9.03. The molecule has 0 bridgehead atoms. The molecule has 0 radical (unpaired) electrons. The predicted octanol–water partition coefficient (Wildman–Crippen LogP) is -0.798. The quantitative estimate of drug-likeness (QED) is 0.143. The van der Waals surface area contributed by atoms with E-state index in [-0.39, 0.29) is 54.8 Å². The van der Waals surface area contributed by atoms with Gasteiger partial charge in [-0.1, -0.05) is 0 Å². The molecule has 0 saturated carbocycles. The van der Waals surface area contributed by atoms with Gasteiger partial charge in [0.25, 0.3) is 11.5 Å².